The van der Waals surface area contributed by atoms with E-state index in [-0.39, 0.29) is 5.90 Å². The van der Waals surface area contributed by atoms with Crippen LogP contribution in [-0.4, -0.2) is 16.3 Å². The third kappa shape index (κ3) is 2.45. The number of allylic oxidation sites excluding steroid dienone is 1. The standard InChI is InChI=1S/C12H16Cl3NO/c1-11(2)8-4-3-7(9(11)5-8)6-17-10(16)12(13,14)15/h3,8-9,16H,4-6H2,1-2H3/t8-,9-/m0/s1. The van der Waals surface area contributed by atoms with E-state index >= 15 is 0 Å². The van der Waals surface area contributed by atoms with E-state index in [2.05, 4.69) is 19.9 Å². The molecule has 1 saturated carbocycles. The molecule has 0 amide bonds. The molecule has 3 aliphatic rings. The summed E-state index contributed by atoms with van der Waals surface area (Å²) in [5.74, 6) is 1.05. The summed E-state index contributed by atoms with van der Waals surface area (Å²) < 4.78 is 3.50. The highest BCUT2D eigenvalue weighted by molar-refractivity contribution is 6.76. The summed E-state index contributed by atoms with van der Waals surface area (Å²) in [6.45, 7) is 4.95. The van der Waals surface area contributed by atoms with E-state index in [0.717, 1.165) is 12.3 Å². The molecule has 0 heterocycles. The van der Waals surface area contributed by atoms with Crippen molar-refractivity contribution < 1.29 is 4.74 Å². The highest BCUT2D eigenvalue weighted by Crippen LogP contribution is 2.59. The zero-order valence-electron chi connectivity index (χ0n) is 9.90. The molecule has 2 atom stereocenters. The largest absolute Gasteiger partial charge is 0.474 e. The van der Waals surface area contributed by atoms with Crippen LogP contribution in [0.15, 0.2) is 11.6 Å². The zero-order chi connectivity index (χ0) is 12.8. The van der Waals surface area contributed by atoms with Gasteiger partial charge in [-0.1, -0.05) is 54.7 Å². The maximum atomic E-state index is 7.49. The lowest BCUT2D eigenvalue weighted by atomic mass is 9.49. The molecular weight excluding hydrogens is 280 g/mol. The highest BCUT2D eigenvalue weighted by Gasteiger charge is 2.51. The van der Waals surface area contributed by atoms with Crippen LogP contribution in [0.2, 0.25) is 0 Å². The summed E-state index contributed by atoms with van der Waals surface area (Å²) in [6.07, 6.45) is 4.54. The molecule has 0 unspecified atom stereocenters. The molecule has 0 aromatic rings. The third-order valence-corrected chi connectivity index (χ3v) is 4.74. The highest BCUT2D eigenvalue weighted by atomic mass is 35.6. The Labute approximate surface area is 117 Å². The van der Waals surface area contributed by atoms with E-state index in [1.807, 2.05) is 0 Å². The fourth-order valence-corrected chi connectivity index (χ4v) is 3.04. The summed E-state index contributed by atoms with van der Waals surface area (Å²) >= 11 is 16.7. The van der Waals surface area contributed by atoms with Gasteiger partial charge in [0.15, 0.2) is 0 Å². The van der Waals surface area contributed by atoms with E-state index in [1.165, 1.54) is 12.0 Å². The van der Waals surface area contributed by atoms with E-state index < -0.39 is 3.79 Å². The number of hydrogen-bond donors (Lipinski definition) is 1. The maximum absolute atomic E-state index is 7.49. The molecule has 0 radical (unpaired) electrons. The summed E-state index contributed by atoms with van der Waals surface area (Å²) in [7, 11) is 0. The van der Waals surface area contributed by atoms with Gasteiger partial charge in [-0.25, -0.2) is 0 Å². The minimum absolute atomic E-state index is 0.303. The molecule has 17 heavy (non-hydrogen) atoms. The van der Waals surface area contributed by atoms with Gasteiger partial charge in [0.1, 0.15) is 6.61 Å². The Hall–Kier alpha value is 0.0800. The first-order valence-corrected chi connectivity index (χ1v) is 6.83. The van der Waals surface area contributed by atoms with Crippen LogP contribution in [0.1, 0.15) is 26.7 Å². The average Bonchev–Trinajstić information content (AvgIpc) is 2.24. The number of fused-ring (bicyclic) bond motifs is 1. The summed E-state index contributed by atoms with van der Waals surface area (Å²) in [5.41, 5.74) is 1.60. The van der Waals surface area contributed by atoms with Gasteiger partial charge in [-0.05, 0) is 35.7 Å². The molecule has 5 heteroatoms. The van der Waals surface area contributed by atoms with Crippen LogP contribution in [0.3, 0.4) is 0 Å². The Morgan fingerprint density at radius 3 is 2.65 bits per heavy atom. The van der Waals surface area contributed by atoms with Gasteiger partial charge in [-0.15, -0.1) is 0 Å². The lowest BCUT2D eigenvalue weighted by molar-refractivity contribution is -0.0121. The lowest BCUT2D eigenvalue weighted by Gasteiger charge is -2.56. The molecule has 3 aliphatic carbocycles. The molecule has 1 fully saturated rings. The average molecular weight is 297 g/mol. The molecule has 0 aromatic heterocycles. The smallest absolute Gasteiger partial charge is 0.265 e. The van der Waals surface area contributed by atoms with Gasteiger partial charge in [0.25, 0.3) is 3.79 Å². The molecule has 0 aromatic carbocycles. The van der Waals surface area contributed by atoms with Crippen LogP contribution < -0.4 is 0 Å². The molecule has 1 N–H and O–H groups in total. The molecular formula is C12H16Cl3NO. The van der Waals surface area contributed by atoms with Crippen LogP contribution in [0.4, 0.5) is 0 Å². The fourth-order valence-electron chi connectivity index (χ4n) is 2.88. The predicted molar refractivity (Wildman–Crippen MR) is 72.0 cm³/mol. The maximum Gasteiger partial charge on any atom is 0.265 e. The van der Waals surface area contributed by atoms with Crippen molar-refractivity contribution in [3.63, 3.8) is 0 Å². The second kappa shape index (κ2) is 4.32. The van der Waals surface area contributed by atoms with Crippen LogP contribution in [0, 0.1) is 22.7 Å². The van der Waals surface area contributed by atoms with Crippen molar-refractivity contribution in [3.8, 4) is 0 Å². The van der Waals surface area contributed by atoms with Crippen LogP contribution in [0.5, 0.6) is 0 Å². The predicted octanol–water partition coefficient (Wildman–Crippen LogP) is 4.34. The topological polar surface area (TPSA) is 33.1 Å². The number of ether oxygens (including phenoxy) is 1. The Kier molecular flexibility index (Phi) is 3.44. The summed E-state index contributed by atoms with van der Waals surface area (Å²) in [6, 6.07) is 0. The van der Waals surface area contributed by atoms with Crippen molar-refractivity contribution in [2.24, 2.45) is 17.3 Å². The zero-order valence-corrected chi connectivity index (χ0v) is 12.2. The van der Waals surface area contributed by atoms with Gasteiger partial charge in [-0.3, -0.25) is 5.41 Å². The molecule has 0 saturated heterocycles. The fraction of sp³-hybridized carbons (Fsp3) is 0.750. The normalized spacial score (nSPS) is 30.3. The molecule has 96 valence electrons. The minimum atomic E-state index is -1.76. The van der Waals surface area contributed by atoms with Crippen molar-refractivity contribution in [1.29, 1.82) is 5.41 Å². The van der Waals surface area contributed by atoms with Crippen molar-refractivity contribution in [3.05, 3.63) is 11.6 Å². The van der Waals surface area contributed by atoms with Gasteiger partial charge in [0.05, 0.1) is 0 Å². The van der Waals surface area contributed by atoms with Gasteiger partial charge < -0.3 is 4.74 Å². The van der Waals surface area contributed by atoms with Crippen molar-refractivity contribution >= 4 is 40.7 Å². The summed E-state index contributed by atoms with van der Waals surface area (Å²) in [5, 5.41) is 7.49. The third-order valence-electron chi connectivity index (χ3n) is 4.22. The number of rotatable bonds is 2. The second-order valence-electron chi connectivity index (χ2n) is 5.44. The quantitative estimate of drug-likeness (QED) is 0.349. The van der Waals surface area contributed by atoms with Crippen LogP contribution >= 0.6 is 34.8 Å². The summed E-state index contributed by atoms with van der Waals surface area (Å²) in [4.78, 5) is 0. The van der Waals surface area contributed by atoms with Gasteiger partial charge in [0, 0.05) is 0 Å². The number of nitrogens with one attached hydrogen (secondary N) is 1. The van der Waals surface area contributed by atoms with Gasteiger partial charge in [0.2, 0.25) is 5.90 Å². The number of hydrogen-bond acceptors (Lipinski definition) is 2. The molecule has 0 spiro atoms. The Morgan fingerprint density at radius 2 is 2.18 bits per heavy atom. The first-order valence-electron chi connectivity index (χ1n) is 5.70. The lowest BCUT2D eigenvalue weighted by Crippen LogP contribution is -2.48. The van der Waals surface area contributed by atoms with E-state index in [0.29, 0.717) is 17.9 Å². The number of alkyl halides is 3. The van der Waals surface area contributed by atoms with E-state index in [4.69, 9.17) is 44.9 Å². The van der Waals surface area contributed by atoms with Crippen molar-refractivity contribution in [1.82, 2.24) is 0 Å². The Morgan fingerprint density at radius 1 is 1.53 bits per heavy atom. The Balaban J connectivity index is 1.93. The van der Waals surface area contributed by atoms with Gasteiger partial charge in [-0.2, -0.15) is 0 Å². The van der Waals surface area contributed by atoms with Crippen LogP contribution in [0.25, 0.3) is 0 Å². The monoisotopic (exact) mass is 295 g/mol. The molecule has 2 bridgehead atoms. The van der Waals surface area contributed by atoms with E-state index in [1.54, 1.807) is 0 Å². The first-order chi connectivity index (χ1) is 7.73. The van der Waals surface area contributed by atoms with Crippen molar-refractivity contribution in [2.45, 2.75) is 30.5 Å². The number of halogens is 3. The first kappa shape index (κ1) is 13.5. The minimum Gasteiger partial charge on any atom is -0.474 e. The van der Waals surface area contributed by atoms with Gasteiger partial charge >= 0.3 is 0 Å². The SMILES string of the molecule is CC1(C)[C@H]2CC=C(COC(=N)C(Cl)(Cl)Cl)[C@@H]1C2. The molecule has 3 rings (SSSR count). The van der Waals surface area contributed by atoms with Crippen molar-refractivity contribution in [2.75, 3.05) is 6.61 Å². The Bertz CT molecular complexity index is 370. The molecule has 2 nitrogen and oxygen atoms in total. The second-order valence-corrected chi connectivity index (χ2v) is 7.72. The van der Waals surface area contributed by atoms with E-state index in [9.17, 15) is 0 Å². The molecule has 0 aliphatic heterocycles. The van der Waals surface area contributed by atoms with Crippen LogP contribution in [-0.2, 0) is 4.74 Å².